The molecule has 1 saturated heterocycles. The van der Waals surface area contributed by atoms with E-state index in [0.29, 0.717) is 6.42 Å². The lowest BCUT2D eigenvalue weighted by molar-refractivity contribution is -0.298. The average Bonchev–Trinajstić information content (AvgIpc) is 3.32. The Bertz CT molecular complexity index is 1320. The Morgan fingerprint density at radius 3 is 1.30 bits per heavy atom. The molecule has 1 fully saturated rings. The second kappa shape index (κ2) is 46.4. The number of carbonyl (C=O) groups is 1. The van der Waals surface area contributed by atoms with Crippen molar-refractivity contribution in [1.29, 1.82) is 0 Å². The summed E-state index contributed by atoms with van der Waals surface area (Å²) < 4.78 is 47.8. The number of aliphatic hydroxyl groups is 4. The smallest absolute Gasteiger partial charge is 0.394 e. The number of hydrogen-bond acceptors (Lipinski definition) is 10. The number of aliphatic hydroxyl groups excluding tert-OH is 4. The molecule has 1 amide bonds. The van der Waals surface area contributed by atoms with Crippen molar-refractivity contribution in [3.8, 4) is 0 Å². The summed E-state index contributed by atoms with van der Waals surface area (Å²) in [6, 6.07) is -0.944. The second-order valence-electron chi connectivity index (χ2n) is 20.2. The highest BCUT2D eigenvalue weighted by Crippen LogP contribution is 2.26. The summed E-state index contributed by atoms with van der Waals surface area (Å²) in [6.45, 7) is 3.43. The first-order valence-electron chi connectivity index (χ1n) is 28.7. The van der Waals surface area contributed by atoms with Gasteiger partial charge >= 0.3 is 10.4 Å². The van der Waals surface area contributed by atoms with E-state index in [4.69, 9.17) is 9.47 Å². The van der Waals surface area contributed by atoms with Gasteiger partial charge < -0.3 is 35.2 Å². The van der Waals surface area contributed by atoms with Crippen molar-refractivity contribution in [2.45, 2.75) is 314 Å². The van der Waals surface area contributed by atoms with E-state index < -0.39 is 59.9 Å². The molecule has 1 rings (SSSR count). The minimum absolute atomic E-state index is 0.261. The van der Waals surface area contributed by atoms with Crippen LogP contribution in [0.25, 0.3) is 0 Å². The lowest BCUT2D eigenvalue weighted by Gasteiger charge is -2.41. The molecule has 0 aliphatic carbocycles. The standard InChI is InChI=1S/C56H107NO11S/c1-3-5-7-9-11-13-15-17-19-21-22-23-24-25-26-27-28-30-32-34-36-38-40-42-44-46-52(60)57-49(48-66-56-54(62)55(68-69(63,64)65)53(61)51(47-58)67-56)50(59)45-43-41-39-37-35-33-31-29-20-18-16-14-12-10-8-6-4-2/h25-26,43,45,49-51,53-56,58-59,61-62H,3-24,27-42,44,46-48H2,1-2H3,(H,57,60)(H,63,64,65)/b26-25-,45-43+. The van der Waals surface area contributed by atoms with E-state index in [1.165, 1.54) is 205 Å². The van der Waals surface area contributed by atoms with Crippen molar-refractivity contribution in [3.05, 3.63) is 24.3 Å². The minimum Gasteiger partial charge on any atom is -0.394 e. The maximum atomic E-state index is 13.1. The van der Waals surface area contributed by atoms with Gasteiger partial charge in [0.05, 0.1) is 25.4 Å². The van der Waals surface area contributed by atoms with Crippen LogP contribution < -0.4 is 5.32 Å². The van der Waals surface area contributed by atoms with Crippen LogP contribution in [-0.4, -0.2) is 95.4 Å². The summed E-state index contributed by atoms with van der Waals surface area (Å²) in [7, 11) is -5.09. The number of hydrogen-bond donors (Lipinski definition) is 6. The van der Waals surface area contributed by atoms with Crippen molar-refractivity contribution in [2.75, 3.05) is 13.2 Å². The van der Waals surface area contributed by atoms with Crippen LogP contribution in [0.2, 0.25) is 0 Å². The Morgan fingerprint density at radius 2 is 0.928 bits per heavy atom. The van der Waals surface area contributed by atoms with Crippen molar-refractivity contribution < 1.29 is 51.8 Å². The number of ether oxygens (including phenoxy) is 2. The van der Waals surface area contributed by atoms with Gasteiger partial charge in [0.25, 0.3) is 0 Å². The van der Waals surface area contributed by atoms with Gasteiger partial charge in [-0.1, -0.05) is 244 Å². The predicted octanol–water partition coefficient (Wildman–Crippen LogP) is 13.2. The topological polar surface area (TPSA) is 192 Å². The fourth-order valence-corrected chi connectivity index (χ4v) is 9.78. The normalized spacial score (nSPS) is 19.8. The van der Waals surface area contributed by atoms with Gasteiger partial charge in [-0.2, -0.15) is 8.42 Å². The summed E-state index contributed by atoms with van der Waals surface area (Å²) in [4.78, 5) is 13.1. The number of allylic oxidation sites excluding steroid dienone is 3. The highest BCUT2D eigenvalue weighted by molar-refractivity contribution is 7.80. The van der Waals surface area contributed by atoms with Crippen LogP contribution in [0.1, 0.15) is 271 Å². The summed E-state index contributed by atoms with van der Waals surface area (Å²) in [5.74, 6) is -0.261. The van der Waals surface area contributed by atoms with Crippen LogP contribution in [0, 0.1) is 0 Å². The Hall–Kier alpha value is -1.42. The fourth-order valence-electron chi connectivity index (χ4n) is 9.28. The van der Waals surface area contributed by atoms with Gasteiger partial charge in [-0.25, -0.2) is 4.18 Å². The van der Waals surface area contributed by atoms with E-state index in [2.05, 4.69) is 35.5 Å². The zero-order valence-corrected chi connectivity index (χ0v) is 45.0. The molecule has 7 unspecified atom stereocenters. The number of unbranched alkanes of at least 4 members (excludes halogenated alkanes) is 36. The molecule has 13 heteroatoms. The fraction of sp³-hybridized carbons (Fsp3) is 0.911. The monoisotopic (exact) mass is 1000 g/mol. The highest BCUT2D eigenvalue weighted by Gasteiger charge is 2.48. The van der Waals surface area contributed by atoms with Gasteiger partial charge in [0.2, 0.25) is 5.91 Å². The Balaban J connectivity index is 2.36. The zero-order chi connectivity index (χ0) is 50.5. The molecule has 1 aliphatic rings. The van der Waals surface area contributed by atoms with Crippen LogP contribution in [0.3, 0.4) is 0 Å². The predicted molar refractivity (Wildman–Crippen MR) is 282 cm³/mol. The van der Waals surface area contributed by atoms with E-state index in [-0.39, 0.29) is 18.9 Å². The van der Waals surface area contributed by atoms with E-state index in [0.717, 1.165) is 38.5 Å². The van der Waals surface area contributed by atoms with Crippen molar-refractivity contribution in [2.24, 2.45) is 0 Å². The first-order chi connectivity index (χ1) is 33.5. The number of amides is 1. The first kappa shape index (κ1) is 65.6. The van der Waals surface area contributed by atoms with Crippen LogP contribution in [0.4, 0.5) is 0 Å². The molecular weight excluding hydrogens is 895 g/mol. The Labute approximate surface area is 422 Å². The van der Waals surface area contributed by atoms with Gasteiger partial charge in [-0.15, -0.1) is 0 Å². The third-order valence-electron chi connectivity index (χ3n) is 13.7. The van der Waals surface area contributed by atoms with Crippen LogP contribution in [-0.2, 0) is 28.9 Å². The van der Waals surface area contributed by atoms with Gasteiger partial charge in [0.15, 0.2) is 6.29 Å². The van der Waals surface area contributed by atoms with Gasteiger partial charge in [0.1, 0.15) is 24.4 Å². The molecule has 1 aliphatic heterocycles. The SMILES string of the molecule is CCCCCCCCCCCCCC/C=C\CCCCCCCCCCCC(=O)NC(COC1OC(CO)C(O)C(OS(=O)(=O)O)C1O)C(O)/C=C/CCCCCCCCCCCCCCCCC. The van der Waals surface area contributed by atoms with E-state index >= 15 is 0 Å². The van der Waals surface area contributed by atoms with E-state index in [1.54, 1.807) is 6.08 Å². The zero-order valence-electron chi connectivity index (χ0n) is 44.1. The van der Waals surface area contributed by atoms with Crippen molar-refractivity contribution in [3.63, 3.8) is 0 Å². The van der Waals surface area contributed by atoms with Gasteiger partial charge in [0, 0.05) is 6.42 Å². The van der Waals surface area contributed by atoms with Crippen LogP contribution >= 0.6 is 0 Å². The summed E-state index contributed by atoms with van der Waals surface area (Å²) in [6.07, 6.45) is 47.9. The molecule has 12 nitrogen and oxygen atoms in total. The molecule has 1 heterocycles. The quantitative estimate of drug-likeness (QED) is 0.0193. The molecule has 7 atom stereocenters. The van der Waals surface area contributed by atoms with Crippen LogP contribution in [0.15, 0.2) is 24.3 Å². The Morgan fingerprint density at radius 1 is 0.565 bits per heavy atom. The third-order valence-corrected chi connectivity index (χ3v) is 14.2. The van der Waals surface area contributed by atoms with Crippen molar-refractivity contribution in [1.82, 2.24) is 5.32 Å². The first-order valence-corrected chi connectivity index (χ1v) is 30.1. The van der Waals surface area contributed by atoms with E-state index in [9.17, 15) is 38.2 Å². The molecular formula is C56H107NO11S. The number of rotatable bonds is 50. The van der Waals surface area contributed by atoms with E-state index in [1.807, 2.05) is 6.08 Å². The molecule has 0 spiro atoms. The number of carbonyl (C=O) groups excluding carboxylic acids is 1. The third kappa shape index (κ3) is 38.8. The molecule has 408 valence electrons. The number of nitrogens with one attached hydrogen (secondary N) is 1. The summed E-state index contributed by atoms with van der Waals surface area (Å²) in [5.41, 5.74) is 0. The maximum Gasteiger partial charge on any atom is 0.397 e. The molecule has 0 saturated carbocycles. The molecule has 0 aromatic heterocycles. The average molecular weight is 1000 g/mol. The minimum atomic E-state index is -5.09. The summed E-state index contributed by atoms with van der Waals surface area (Å²) in [5, 5.41) is 44.9. The second-order valence-corrected chi connectivity index (χ2v) is 21.3. The summed E-state index contributed by atoms with van der Waals surface area (Å²) >= 11 is 0. The van der Waals surface area contributed by atoms with Gasteiger partial charge in [-0.05, 0) is 44.9 Å². The largest absolute Gasteiger partial charge is 0.397 e. The lowest BCUT2D eigenvalue weighted by atomic mass is 9.99. The molecule has 69 heavy (non-hydrogen) atoms. The highest BCUT2D eigenvalue weighted by atomic mass is 32.3. The lowest BCUT2D eigenvalue weighted by Crippen LogP contribution is -2.61. The molecule has 0 aromatic carbocycles. The molecule has 0 aromatic rings. The van der Waals surface area contributed by atoms with Crippen molar-refractivity contribution >= 4 is 16.3 Å². The van der Waals surface area contributed by atoms with Crippen LogP contribution in [0.5, 0.6) is 0 Å². The molecule has 6 N–H and O–H groups in total. The maximum absolute atomic E-state index is 13.1. The molecule has 0 radical (unpaired) electrons. The Kier molecular flexibility index (Phi) is 44.1. The van der Waals surface area contributed by atoms with Gasteiger partial charge in [-0.3, -0.25) is 9.35 Å². The molecule has 0 bridgehead atoms.